The van der Waals surface area contributed by atoms with Gasteiger partial charge in [0.2, 0.25) is 12.7 Å². The number of carbonyl (C=O) groups excluding carboxylic acids is 1. The van der Waals surface area contributed by atoms with E-state index >= 15 is 0 Å². The molecule has 3 aliphatic rings. The Hall–Kier alpha value is -2.53. The topological polar surface area (TPSA) is 50.8 Å². The van der Waals surface area contributed by atoms with Gasteiger partial charge in [-0.2, -0.15) is 0 Å². The smallest absolute Gasteiger partial charge is 0.231 e. The van der Waals surface area contributed by atoms with Gasteiger partial charge in [-0.3, -0.25) is 4.79 Å². The molecule has 2 aromatic carbocycles. The fourth-order valence-corrected chi connectivity index (χ4v) is 5.62. The standard InChI is InChI=1S/C27H34N2O3/c30-26(28-18-22-12-16-29(19-22)15-11-21-7-3-1-4-8-21)27(13-5-2-6-14-27)23-9-10-24-25(17-23)32-20-31-24/h1,3-4,7-10,17,22H,2,5-6,11-16,18-20H2,(H,28,30). The molecule has 5 nitrogen and oxygen atoms in total. The summed E-state index contributed by atoms with van der Waals surface area (Å²) in [5, 5.41) is 3.36. The molecule has 1 unspecified atom stereocenters. The van der Waals surface area contributed by atoms with E-state index < -0.39 is 5.41 Å². The predicted octanol–water partition coefficient (Wildman–Crippen LogP) is 4.30. The van der Waals surface area contributed by atoms with Gasteiger partial charge in [0.25, 0.3) is 0 Å². The van der Waals surface area contributed by atoms with Gasteiger partial charge in [0, 0.05) is 19.6 Å². The number of likely N-dealkylation sites (tertiary alicyclic amines) is 1. The quantitative estimate of drug-likeness (QED) is 0.706. The number of ether oxygens (including phenoxy) is 2. The second-order valence-corrected chi connectivity index (χ2v) is 9.61. The van der Waals surface area contributed by atoms with Crippen LogP contribution in [0.25, 0.3) is 0 Å². The Labute approximate surface area is 191 Å². The summed E-state index contributed by atoms with van der Waals surface area (Å²) in [4.78, 5) is 16.1. The van der Waals surface area contributed by atoms with Crippen LogP contribution in [-0.2, 0) is 16.6 Å². The van der Waals surface area contributed by atoms with Crippen LogP contribution in [0.15, 0.2) is 48.5 Å². The number of hydrogen-bond acceptors (Lipinski definition) is 4. The van der Waals surface area contributed by atoms with Crippen LogP contribution in [-0.4, -0.2) is 43.8 Å². The van der Waals surface area contributed by atoms with E-state index in [2.05, 4.69) is 46.6 Å². The van der Waals surface area contributed by atoms with Crippen molar-refractivity contribution in [3.05, 3.63) is 59.7 Å². The second kappa shape index (κ2) is 9.53. The lowest BCUT2D eigenvalue weighted by atomic mass is 9.68. The molecule has 1 amide bonds. The maximum atomic E-state index is 13.6. The Morgan fingerprint density at radius 2 is 1.84 bits per heavy atom. The Balaban J connectivity index is 1.18. The maximum absolute atomic E-state index is 13.6. The zero-order valence-electron chi connectivity index (χ0n) is 18.9. The van der Waals surface area contributed by atoms with Gasteiger partial charge in [-0.15, -0.1) is 0 Å². The molecule has 1 N–H and O–H groups in total. The third-order valence-electron chi connectivity index (χ3n) is 7.55. The maximum Gasteiger partial charge on any atom is 0.231 e. The first-order valence-electron chi connectivity index (χ1n) is 12.2. The minimum absolute atomic E-state index is 0.193. The van der Waals surface area contributed by atoms with Gasteiger partial charge in [0.05, 0.1) is 5.41 Å². The Bertz CT molecular complexity index is 924. The predicted molar refractivity (Wildman–Crippen MR) is 125 cm³/mol. The number of hydrogen-bond donors (Lipinski definition) is 1. The van der Waals surface area contributed by atoms with E-state index in [4.69, 9.17) is 9.47 Å². The van der Waals surface area contributed by atoms with E-state index in [1.807, 2.05) is 12.1 Å². The molecule has 0 aromatic heterocycles. The number of carbonyl (C=O) groups is 1. The van der Waals surface area contributed by atoms with E-state index in [0.29, 0.717) is 5.92 Å². The molecule has 5 heteroatoms. The number of nitrogens with one attached hydrogen (secondary N) is 1. The number of fused-ring (bicyclic) bond motifs is 1. The van der Waals surface area contributed by atoms with Crippen molar-refractivity contribution in [1.82, 2.24) is 10.2 Å². The van der Waals surface area contributed by atoms with E-state index in [1.54, 1.807) is 0 Å². The van der Waals surface area contributed by atoms with Crippen molar-refractivity contribution in [3.63, 3.8) is 0 Å². The Morgan fingerprint density at radius 3 is 2.69 bits per heavy atom. The van der Waals surface area contributed by atoms with Crippen LogP contribution in [0, 0.1) is 5.92 Å². The summed E-state index contributed by atoms with van der Waals surface area (Å²) in [6.45, 7) is 4.33. The summed E-state index contributed by atoms with van der Waals surface area (Å²) in [5.74, 6) is 2.28. The Kier molecular flexibility index (Phi) is 6.35. The third-order valence-corrected chi connectivity index (χ3v) is 7.55. The summed E-state index contributed by atoms with van der Waals surface area (Å²) >= 11 is 0. The average molecular weight is 435 g/mol. The largest absolute Gasteiger partial charge is 0.454 e. The van der Waals surface area contributed by atoms with Gasteiger partial charge < -0.3 is 19.7 Å². The third kappa shape index (κ3) is 4.49. The van der Waals surface area contributed by atoms with Crippen molar-refractivity contribution in [2.75, 3.05) is 33.0 Å². The molecule has 170 valence electrons. The number of amides is 1. The lowest BCUT2D eigenvalue weighted by Gasteiger charge is -2.36. The fourth-order valence-electron chi connectivity index (χ4n) is 5.62. The van der Waals surface area contributed by atoms with E-state index in [0.717, 1.165) is 81.8 Å². The van der Waals surface area contributed by atoms with Crippen molar-refractivity contribution in [1.29, 1.82) is 0 Å². The van der Waals surface area contributed by atoms with Crippen molar-refractivity contribution in [2.24, 2.45) is 5.92 Å². The molecule has 1 atom stereocenters. The van der Waals surface area contributed by atoms with E-state index in [-0.39, 0.29) is 12.7 Å². The van der Waals surface area contributed by atoms with Gasteiger partial charge in [0.15, 0.2) is 11.5 Å². The van der Waals surface area contributed by atoms with Crippen molar-refractivity contribution >= 4 is 5.91 Å². The highest BCUT2D eigenvalue weighted by molar-refractivity contribution is 5.88. The first kappa shape index (κ1) is 21.3. The van der Waals surface area contributed by atoms with Crippen LogP contribution in [0.4, 0.5) is 0 Å². The molecular formula is C27H34N2O3. The minimum atomic E-state index is -0.440. The van der Waals surface area contributed by atoms with Crippen molar-refractivity contribution in [2.45, 2.75) is 50.4 Å². The highest BCUT2D eigenvalue weighted by Gasteiger charge is 2.42. The highest BCUT2D eigenvalue weighted by atomic mass is 16.7. The summed E-state index contributed by atoms with van der Waals surface area (Å²) in [5.41, 5.74) is 2.03. The van der Waals surface area contributed by atoms with Crippen molar-refractivity contribution < 1.29 is 14.3 Å². The molecule has 1 saturated heterocycles. The zero-order chi connectivity index (χ0) is 21.8. The molecule has 5 rings (SSSR count). The fraction of sp³-hybridized carbons (Fsp3) is 0.519. The molecule has 2 fully saturated rings. The van der Waals surface area contributed by atoms with Gasteiger partial charge in [-0.1, -0.05) is 55.7 Å². The minimum Gasteiger partial charge on any atom is -0.454 e. The molecule has 0 bridgehead atoms. The summed E-state index contributed by atoms with van der Waals surface area (Å²) in [7, 11) is 0. The molecule has 32 heavy (non-hydrogen) atoms. The van der Waals surface area contributed by atoms with Crippen LogP contribution in [0.2, 0.25) is 0 Å². The first-order valence-corrected chi connectivity index (χ1v) is 12.2. The molecular weight excluding hydrogens is 400 g/mol. The van der Waals surface area contributed by atoms with Crippen LogP contribution in [0.1, 0.15) is 49.7 Å². The monoisotopic (exact) mass is 434 g/mol. The number of rotatable bonds is 7. The lowest BCUT2D eigenvalue weighted by molar-refractivity contribution is -0.128. The van der Waals surface area contributed by atoms with E-state index in [1.165, 1.54) is 12.0 Å². The van der Waals surface area contributed by atoms with Crippen LogP contribution in [0.3, 0.4) is 0 Å². The normalized spacial score (nSPS) is 22.1. The SMILES string of the molecule is O=C(NCC1CCN(CCc2ccccc2)C1)C1(c2ccc3c(c2)OCO3)CCCCC1. The van der Waals surface area contributed by atoms with Crippen molar-refractivity contribution in [3.8, 4) is 11.5 Å². The summed E-state index contributed by atoms with van der Waals surface area (Å²) in [6.07, 6.45) is 7.47. The summed E-state index contributed by atoms with van der Waals surface area (Å²) < 4.78 is 11.1. The second-order valence-electron chi connectivity index (χ2n) is 9.61. The van der Waals surface area contributed by atoms with Crippen LogP contribution >= 0.6 is 0 Å². The number of benzene rings is 2. The van der Waals surface area contributed by atoms with Gasteiger partial charge in [0.1, 0.15) is 0 Å². The average Bonchev–Trinajstić information content (AvgIpc) is 3.51. The molecule has 1 aliphatic carbocycles. The highest BCUT2D eigenvalue weighted by Crippen LogP contribution is 2.43. The zero-order valence-corrected chi connectivity index (χ0v) is 18.9. The molecule has 2 heterocycles. The van der Waals surface area contributed by atoms with E-state index in [9.17, 15) is 4.79 Å². The Morgan fingerprint density at radius 1 is 1.03 bits per heavy atom. The molecule has 2 aromatic rings. The van der Waals surface area contributed by atoms with Gasteiger partial charge >= 0.3 is 0 Å². The molecule has 0 radical (unpaired) electrons. The van der Waals surface area contributed by atoms with Crippen LogP contribution < -0.4 is 14.8 Å². The molecule has 1 saturated carbocycles. The first-order chi connectivity index (χ1) is 15.7. The van der Waals surface area contributed by atoms with Crippen LogP contribution in [0.5, 0.6) is 11.5 Å². The lowest BCUT2D eigenvalue weighted by Crippen LogP contribution is -2.47. The molecule has 0 spiro atoms. The number of nitrogens with zero attached hydrogens (tertiary/aromatic N) is 1. The van der Waals surface area contributed by atoms with Gasteiger partial charge in [-0.05, 0) is 61.4 Å². The summed E-state index contributed by atoms with van der Waals surface area (Å²) in [6, 6.07) is 16.8. The van der Waals surface area contributed by atoms with Gasteiger partial charge in [-0.25, -0.2) is 0 Å². The molecule has 2 aliphatic heterocycles.